The predicted molar refractivity (Wildman–Crippen MR) is 136 cm³/mol. The van der Waals surface area contributed by atoms with Crippen molar-refractivity contribution in [3.8, 4) is 11.5 Å². The lowest BCUT2D eigenvalue weighted by atomic mass is 10.1. The van der Waals surface area contributed by atoms with Crippen molar-refractivity contribution in [2.45, 2.75) is 6.61 Å². The van der Waals surface area contributed by atoms with Gasteiger partial charge in [0.15, 0.2) is 17.2 Å². The number of ether oxygens (including phenoxy) is 3. The molecule has 3 aromatic rings. The molecule has 4 rings (SSSR count). The Morgan fingerprint density at radius 1 is 1.09 bits per heavy atom. The van der Waals surface area contributed by atoms with Gasteiger partial charge in [-0.05, 0) is 98.8 Å². The molecule has 0 fully saturated rings. The molecule has 0 atom stereocenters. The first kappa shape index (κ1) is 22.7. The maximum absolute atomic E-state index is 14.0. The number of nitrogens with zero attached hydrogens (tertiary/aromatic N) is 1. The minimum absolute atomic E-state index is 0.0570. The van der Waals surface area contributed by atoms with Gasteiger partial charge in [-0.2, -0.15) is 0 Å². The van der Waals surface area contributed by atoms with Crippen molar-refractivity contribution in [1.82, 2.24) is 0 Å². The van der Waals surface area contributed by atoms with E-state index in [1.807, 2.05) is 30.3 Å². The molecule has 0 aliphatic carbocycles. The van der Waals surface area contributed by atoms with Crippen LogP contribution in [0.1, 0.15) is 16.7 Å². The summed E-state index contributed by atoms with van der Waals surface area (Å²) in [5.74, 6) is -0.0711. The summed E-state index contributed by atoms with van der Waals surface area (Å²) < 4.78 is 32.7. The zero-order valence-corrected chi connectivity index (χ0v) is 21.1. The van der Waals surface area contributed by atoms with Crippen molar-refractivity contribution >= 4 is 63.1 Å². The second kappa shape index (κ2) is 9.99. The zero-order chi connectivity index (χ0) is 22.7. The second-order valence-corrected chi connectivity index (χ2v) is 9.17. The van der Waals surface area contributed by atoms with Crippen LogP contribution < -0.4 is 9.47 Å². The van der Waals surface area contributed by atoms with Crippen LogP contribution in [-0.2, 0) is 16.1 Å². The van der Waals surface area contributed by atoms with Crippen molar-refractivity contribution in [2.24, 2.45) is 4.99 Å². The molecule has 3 aromatic carbocycles. The van der Waals surface area contributed by atoms with Gasteiger partial charge in [0.1, 0.15) is 12.4 Å². The minimum Gasteiger partial charge on any atom is -0.493 e. The largest absolute Gasteiger partial charge is 0.493 e. The number of halogens is 3. The molecule has 0 aromatic heterocycles. The number of benzene rings is 3. The number of hydrogen-bond acceptors (Lipinski definition) is 5. The monoisotopic (exact) mass is 655 g/mol. The first-order chi connectivity index (χ1) is 15.4. The Morgan fingerprint density at radius 2 is 1.84 bits per heavy atom. The Bertz CT molecular complexity index is 1240. The quantitative estimate of drug-likeness (QED) is 0.187. The predicted octanol–water partition coefficient (Wildman–Crippen LogP) is 5.97. The van der Waals surface area contributed by atoms with Crippen molar-refractivity contribution in [3.63, 3.8) is 0 Å². The summed E-state index contributed by atoms with van der Waals surface area (Å²) in [6.07, 6.45) is 1.57. The maximum Gasteiger partial charge on any atom is 0.363 e. The summed E-state index contributed by atoms with van der Waals surface area (Å²) >= 11 is 4.41. The fraction of sp³-hybridized carbons (Fsp3) is 0.0833. The standard InChI is InChI=1S/C24H16FI2NO4/c1-30-21-12-15(10-19(27)22(21)31-13-14-6-8-16(26)9-7-14)11-20-24(29)32-23(28-20)17-4-2-3-5-18(17)25/h2-12H,13H2,1H3/b20-11-. The van der Waals surface area contributed by atoms with Gasteiger partial charge in [-0.15, -0.1) is 0 Å². The molecule has 32 heavy (non-hydrogen) atoms. The molecule has 1 aliphatic heterocycles. The number of carbonyl (C=O) groups is 1. The molecule has 0 N–H and O–H groups in total. The fourth-order valence-electron chi connectivity index (χ4n) is 3.02. The van der Waals surface area contributed by atoms with Gasteiger partial charge in [0.05, 0.1) is 16.2 Å². The molecule has 0 saturated heterocycles. The van der Waals surface area contributed by atoms with Gasteiger partial charge in [-0.25, -0.2) is 14.2 Å². The highest BCUT2D eigenvalue weighted by Gasteiger charge is 2.26. The Labute approximate surface area is 211 Å². The molecule has 0 bridgehead atoms. The molecule has 162 valence electrons. The van der Waals surface area contributed by atoms with Crippen LogP contribution in [0.4, 0.5) is 4.39 Å². The van der Waals surface area contributed by atoms with Gasteiger partial charge in [-0.1, -0.05) is 24.3 Å². The number of methoxy groups -OCH3 is 1. The van der Waals surface area contributed by atoms with Crippen molar-refractivity contribution < 1.29 is 23.4 Å². The van der Waals surface area contributed by atoms with E-state index in [9.17, 15) is 9.18 Å². The molecule has 0 amide bonds. The molecule has 0 spiro atoms. The van der Waals surface area contributed by atoms with Crippen LogP contribution in [0.15, 0.2) is 71.4 Å². The summed E-state index contributed by atoms with van der Waals surface area (Å²) in [5, 5.41) is 0. The lowest BCUT2D eigenvalue weighted by molar-refractivity contribution is -0.129. The average molecular weight is 655 g/mol. The van der Waals surface area contributed by atoms with Crippen LogP contribution in [0.3, 0.4) is 0 Å². The molecular formula is C24H16FI2NO4. The van der Waals surface area contributed by atoms with Gasteiger partial charge >= 0.3 is 5.97 Å². The average Bonchev–Trinajstić information content (AvgIpc) is 3.14. The van der Waals surface area contributed by atoms with Gasteiger partial charge < -0.3 is 14.2 Å². The number of aliphatic imine (C=N–C) groups is 1. The lowest BCUT2D eigenvalue weighted by Gasteiger charge is -2.14. The Kier molecular flexibility index (Phi) is 7.09. The van der Waals surface area contributed by atoms with E-state index in [4.69, 9.17) is 14.2 Å². The maximum atomic E-state index is 14.0. The molecule has 1 aliphatic rings. The van der Waals surface area contributed by atoms with E-state index in [-0.39, 0.29) is 17.2 Å². The van der Waals surface area contributed by atoms with Crippen LogP contribution in [0.5, 0.6) is 11.5 Å². The molecule has 5 nitrogen and oxygen atoms in total. The third-order valence-corrected chi connectivity index (χ3v) is 6.10. The molecule has 8 heteroatoms. The molecule has 0 unspecified atom stereocenters. The van der Waals surface area contributed by atoms with Gasteiger partial charge in [0, 0.05) is 3.57 Å². The summed E-state index contributed by atoms with van der Waals surface area (Å²) in [6, 6.07) is 17.7. The first-order valence-corrected chi connectivity index (χ1v) is 11.6. The van der Waals surface area contributed by atoms with E-state index >= 15 is 0 Å². The molecule has 0 radical (unpaired) electrons. The van der Waals surface area contributed by atoms with E-state index in [1.165, 1.54) is 12.1 Å². The Hall–Kier alpha value is -2.47. The minimum atomic E-state index is -0.642. The van der Waals surface area contributed by atoms with E-state index in [0.29, 0.717) is 23.7 Å². The van der Waals surface area contributed by atoms with Crippen LogP contribution in [-0.4, -0.2) is 19.0 Å². The summed E-state index contributed by atoms with van der Waals surface area (Å²) in [6.45, 7) is 0.395. The highest BCUT2D eigenvalue weighted by molar-refractivity contribution is 14.1. The topological polar surface area (TPSA) is 57.1 Å². The van der Waals surface area contributed by atoms with Crippen LogP contribution in [0.25, 0.3) is 6.08 Å². The van der Waals surface area contributed by atoms with Crippen molar-refractivity contribution in [1.29, 1.82) is 0 Å². The zero-order valence-electron chi connectivity index (χ0n) is 16.8. The van der Waals surface area contributed by atoms with Crippen LogP contribution in [0, 0.1) is 13.0 Å². The van der Waals surface area contributed by atoms with Crippen molar-refractivity contribution in [3.05, 3.63) is 96.0 Å². The number of carbonyl (C=O) groups excluding carboxylic acids is 1. The number of esters is 1. The number of cyclic esters (lactones) is 1. The summed E-state index contributed by atoms with van der Waals surface area (Å²) in [5.41, 5.74) is 1.93. The van der Waals surface area contributed by atoms with E-state index in [1.54, 1.807) is 31.4 Å². The van der Waals surface area contributed by atoms with Crippen molar-refractivity contribution in [2.75, 3.05) is 7.11 Å². The van der Waals surface area contributed by atoms with Gasteiger partial charge in [-0.3, -0.25) is 0 Å². The molecular weight excluding hydrogens is 639 g/mol. The molecule has 0 saturated carbocycles. The van der Waals surface area contributed by atoms with E-state index in [0.717, 1.165) is 12.7 Å². The highest BCUT2D eigenvalue weighted by Crippen LogP contribution is 2.35. The Balaban J connectivity index is 1.59. The summed E-state index contributed by atoms with van der Waals surface area (Å²) in [7, 11) is 1.55. The van der Waals surface area contributed by atoms with Gasteiger partial charge in [0.25, 0.3) is 0 Å². The smallest absolute Gasteiger partial charge is 0.363 e. The normalized spacial score (nSPS) is 14.3. The SMILES string of the molecule is COc1cc(/C=C2\N=C(c3ccccc3F)OC2=O)cc(I)c1OCc1ccc(I)cc1. The third kappa shape index (κ3) is 5.12. The van der Waals surface area contributed by atoms with Gasteiger partial charge in [0.2, 0.25) is 5.90 Å². The Morgan fingerprint density at radius 3 is 2.56 bits per heavy atom. The second-order valence-electron chi connectivity index (χ2n) is 6.77. The van der Waals surface area contributed by atoms with Crippen LogP contribution >= 0.6 is 45.2 Å². The van der Waals surface area contributed by atoms with E-state index in [2.05, 4.69) is 50.2 Å². The lowest BCUT2D eigenvalue weighted by Crippen LogP contribution is -2.07. The van der Waals surface area contributed by atoms with Crippen LogP contribution in [0.2, 0.25) is 0 Å². The highest BCUT2D eigenvalue weighted by atomic mass is 127. The van der Waals surface area contributed by atoms with E-state index < -0.39 is 11.8 Å². The fourth-order valence-corrected chi connectivity index (χ4v) is 4.16. The first-order valence-electron chi connectivity index (χ1n) is 9.47. The third-order valence-electron chi connectivity index (χ3n) is 4.58. The number of rotatable bonds is 6. The summed E-state index contributed by atoms with van der Waals surface area (Å²) in [4.78, 5) is 16.5. The molecule has 1 heterocycles. The number of hydrogen-bond donors (Lipinski definition) is 0.